The van der Waals surface area contributed by atoms with E-state index < -0.39 is 5.91 Å². The molecule has 7 heteroatoms. The first kappa shape index (κ1) is 26.4. The highest BCUT2D eigenvalue weighted by Crippen LogP contribution is 2.33. The van der Waals surface area contributed by atoms with Crippen LogP contribution in [0.25, 0.3) is 0 Å². The molecule has 1 aliphatic rings. The number of hydrogen-bond donors (Lipinski definition) is 1. The Morgan fingerprint density at radius 3 is 2.14 bits per heavy atom. The van der Waals surface area contributed by atoms with Gasteiger partial charge in [-0.15, -0.1) is 0 Å². The zero-order valence-corrected chi connectivity index (χ0v) is 21.6. The van der Waals surface area contributed by atoms with Crippen molar-refractivity contribution in [2.24, 2.45) is 5.73 Å². The second-order valence-electron chi connectivity index (χ2n) is 9.44. The van der Waals surface area contributed by atoms with E-state index in [1.54, 1.807) is 11.0 Å². The smallest absolute Gasteiger partial charge is 0.253 e. The van der Waals surface area contributed by atoms with Gasteiger partial charge in [-0.1, -0.05) is 18.2 Å². The number of benzene rings is 3. The third-order valence-electron chi connectivity index (χ3n) is 7.09. The van der Waals surface area contributed by atoms with E-state index in [0.717, 1.165) is 49.4 Å². The van der Waals surface area contributed by atoms with E-state index in [1.165, 1.54) is 12.1 Å². The maximum Gasteiger partial charge on any atom is 0.253 e. The number of rotatable bonds is 9. The van der Waals surface area contributed by atoms with Crippen molar-refractivity contribution >= 4 is 23.2 Å². The Morgan fingerprint density at radius 1 is 0.892 bits per heavy atom. The van der Waals surface area contributed by atoms with Crippen LogP contribution in [0.1, 0.15) is 53.0 Å². The highest BCUT2D eigenvalue weighted by atomic mass is 19.1. The second kappa shape index (κ2) is 12.0. The van der Waals surface area contributed by atoms with E-state index in [4.69, 9.17) is 5.73 Å². The number of amides is 2. The van der Waals surface area contributed by atoms with Gasteiger partial charge in [0.1, 0.15) is 5.82 Å². The fourth-order valence-corrected chi connectivity index (χ4v) is 5.02. The van der Waals surface area contributed by atoms with Crippen LogP contribution in [0.3, 0.4) is 0 Å². The van der Waals surface area contributed by atoms with E-state index >= 15 is 0 Å². The zero-order valence-electron chi connectivity index (χ0n) is 21.6. The number of likely N-dealkylation sites (tertiary alicyclic amines) is 1. The molecule has 6 nitrogen and oxygen atoms in total. The number of halogens is 1. The van der Waals surface area contributed by atoms with Gasteiger partial charge in [0.05, 0.1) is 0 Å². The fourth-order valence-electron chi connectivity index (χ4n) is 5.02. The lowest BCUT2D eigenvalue weighted by Crippen LogP contribution is -2.43. The van der Waals surface area contributed by atoms with Gasteiger partial charge in [0.15, 0.2) is 0 Å². The molecule has 0 saturated carbocycles. The van der Waals surface area contributed by atoms with E-state index in [0.29, 0.717) is 24.2 Å². The van der Waals surface area contributed by atoms with Crippen LogP contribution in [0.2, 0.25) is 0 Å². The van der Waals surface area contributed by atoms with Gasteiger partial charge in [0.2, 0.25) is 5.91 Å². The summed E-state index contributed by atoms with van der Waals surface area (Å²) in [4.78, 5) is 31.2. The number of carbonyl (C=O) groups excluding carboxylic acids is 2. The first-order chi connectivity index (χ1) is 17.9. The molecule has 2 N–H and O–H groups in total. The highest BCUT2D eigenvalue weighted by Gasteiger charge is 2.27. The van der Waals surface area contributed by atoms with Gasteiger partial charge < -0.3 is 15.5 Å². The molecule has 1 fully saturated rings. The lowest BCUT2D eigenvalue weighted by molar-refractivity contribution is 0.0772. The normalized spacial score (nSPS) is 14.4. The fraction of sp³-hybridized carbons (Fsp3) is 0.333. The monoisotopic (exact) mass is 502 g/mol. The molecule has 0 atom stereocenters. The molecule has 1 heterocycles. The van der Waals surface area contributed by atoms with Gasteiger partial charge in [-0.25, -0.2) is 4.39 Å². The van der Waals surface area contributed by atoms with Crippen molar-refractivity contribution < 1.29 is 14.0 Å². The molecular weight excluding hydrogens is 467 g/mol. The van der Waals surface area contributed by atoms with Gasteiger partial charge in [-0.2, -0.15) is 0 Å². The number of primary amides is 1. The van der Waals surface area contributed by atoms with Crippen molar-refractivity contribution in [2.75, 3.05) is 31.1 Å². The van der Waals surface area contributed by atoms with Gasteiger partial charge in [0, 0.05) is 61.3 Å². The SMILES string of the molecule is CCN(CC)C(=O)c1ccc(N(c2cccc(C(N)=O)c2)C2CCN(Cc3ccc(F)cc3)CC2)cc1. The molecule has 0 aliphatic carbocycles. The maximum absolute atomic E-state index is 13.3. The number of piperidine rings is 1. The van der Waals surface area contributed by atoms with Gasteiger partial charge >= 0.3 is 0 Å². The number of hydrogen-bond acceptors (Lipinski definition) is 4. The largest absolute Gasteiger partial charge is 0.366 e. The van der Waals surface area contributed by atoms with Crippen molar-refractivity contribution in [3.63, 3.8) is 0 Å². The number of carbonyl (C=O) groups is 2. The van der Waals surface area contributed by atoms with Crippen LogP contribution < -0.4 is 10.6 Å². The van der Waals surface area contributed by atoms with Gasteiger partial charge in [-0.05, 0) is 86.8 Å². The molecule has 1 aliphatic heterocycles. The van der Waals surface area contributed by atoms with Crippen LogP contribution in [0.4, 0.5) is 15.8 Å². The third-order valence-corrected chi connectivity index (χ3v) is 7.09. The van der Waals surface area contributed by atoms with Crippen LogP contribution in [-0.2, 0) is 6.54 Å². The van der Waals surface area contributed by atoms with Crippen LogP contribution in [-0.4, -0.2) is 53.8 Å². The average Bonchev–Trinajstić information content (AvgIpc) is 2.92. The first-order valence-corrected chi connectivity index (χ1v) is 12.9. The third kappa shape index (κ3) is 6.35. The van der Waals surface area contributed by atoms with Crippen LogP contribution in [0, 0.1) is 5.82 Å². The summed E-state index contributed by atoms with van der Waals surface area (Å²) >= 11 is 0. The first-order valence-electron chi connectivity index (χ1n) is 12.9. The Kier molecular flexibility index (Phi) is 8.56. The summed E-state index contributed by atoms with van der Waals surface area (Å²) in [6, 6.07) is 22.0. The van der Waals surface area contributed by atoms with E-state index in [-0.39, 0.29) is 17.8 Å². The highest BCUT2D eigenvalue weighted by molar-refractivity contribution is 5.95. The quantitative estimate of drug-likeness (QED) is 0.436. The number of anilines is 2. The Balaban J connectivity index is 1.56. The number of nitrogens with two attached hydrogens (primary N) is 1. The molecule has 4 rings (SSSR count). The summed E-state index contributed by atoms with van der Waals surface area (Å²) in [5.74, 6) is -0.662. The Labute approximate surface area is 218 Å². The molecule has 0 aromatic heterocycles. The molecule has 2 amide bonds. The molecule has 3 aromatic carbocycles. The van der Waals surface area contributed by atoms with Crippen molar-refractivity contribution in [3.05, 3.63) is 95.3 Å². The lowest BCUT2D eigenvalue weighted by atomic mass is 9.99. The molecule has 3 aromatic rings. The van der Waals surface area contributed by atoms with Crippen molar-refractivity contribution in [1.82, 2.24) is 9.80 Å². The minimum atomic E-state index is -0.462. The van der Waals surface area contributed by atoms with Crippen LogP contribution in [0.15, 0.2) is 72.8 Å². The maximum atomic E-state index is 13.3. The van der Waals surface area contributed by atoms with Crippen LogP contribution in [0.5, 0.6) is 0 Å². The van der Waals surface area contributed by atoms with Crippen molar-refractivity contribution in [1.29, 1.82) is 0 Å². The molecule has 194 valence electrons. The minimum absolute atomic E-state index is 0.0212. The van der Waals surface area contributed by atoms with Crippen molar-refractivity contribution in [2.45, 2.75) is 39.3 Å². The Hall–Kier alpha value is -3.71. The molecular formula is C30H35FN4O2. The molecule has 37 heavy (non-hydrogen) atoms. The number of nitrogens with zero attached hydrogens (tertiary/aromatic N) is 3. The van der Waals surface area contributed by atoms with E-state index in [1.807, 2.05) is 68.4 Å². The predicted octanol–water partition coefficient (Wildman–Crippen LogP) is 5.21. The Bertz CT molecular complexity index is 1200. The minimum Gasteiger partial charge on any atom is -0.366 e. The van der Waals surface area contributed by atoms with Gasteiger partial charge in [-0.3, -0.25) is 14.5 Å². The zero-order chi connectivity index (χ0) is 26.4. The molecule has 0 unspecified atom stereocenters. The topological polar surface area (TPSA) is 69.9 Å². The van der Waals surface area contributed by atoms with E-state index in [2.05, 4.69) is 9.80 Å². The van der Waals surface area contributed by atoms with E-state index in [9.17, 15) is 14.0 Å². The lowest BCUT2D eigenvalue weighted by Gasteiger charge is -2.40. The molecule has 0 radical (unpaired) electrons. The summed E-state index contributed by atoms with van der Waals surface area (Å²) in [6.07, 6.45) is 1.84. The summed E-state index contributed by atoms with van der Waals surface area (Å²) in [6.45, 7) is 7.86. The molecule has 0 bridgehead atoms. The second-order valence-corrected chi connectivity index (χ2v) is 9.44. The standard InChI is InChI=1S/C30H35FN4O2/c1-3-34(4-2)30(37)23-10-14-26(15-11-23)35(28-7-5-6-24(20-28)29(32)36)27-16-18-33(19-17-27)21-22-8-12-25(31)13-9-22/h5-15,20,27H,3-4,16-19,21H2,1-2H3,(H2,32,36). The van der Waals surface area contributed by atoms with Crippen LogP contribution >= 0.6 is 0 Å². The van der Waals surface area contributed by atoms with Gasteiger partial charge in [0.25, 0.3) is 5.91 Å². The summed E-state index contributed by atoms with van der Waals surface area (Å²) in [5, 5.41) is 0. The van der Waals surface area contributed by atoms with Crippen molar-refractivity contribution in [3.8, 4) is 0 Å². The predicted molar refractivity (Wildman–Crippen MR) is 145 cm³/mol. The average molecular weight is 503 g/mol. The summed E-state index contributed by atoms with van der Waals surface area (Å²) in [7, 11) is 0. The molecule has 0 spiro atoms. The summed E-state index contributed by atoms with van der Waals surface area (Å²) in [5.41, 5.74) is 9.66. The Morgan fingerprint density at radius 2 is 1.54 bits per heavy atom. The molecule has 1 saturated heterocycles. The summed E-state index contributed by atoms with van der Waals surface area (Å²) < 4.78 is 13.3.